The molecule has 1 aliphatic heterocycles. The summed E-state index contributed by atoms with van der Waals surface area (Å²) >= 11 is 0. The molecule has 1 aromatic rings. The van der Waals surface area contributed by atoms with Gasteiger partial charge >= 0.3 is 5.97 Å². The molecule has 0 N–H and O–H groups in total. The Bertz CT molecular complexity index is 468. The number of piperazine rings is 1. The molecule has 1 fully saturated rings. The van der Waals surface area contributed by atoms with Gasteiger partial charge in [0.05, 0.1) is 6.61 Å². The van der Waals surface area contributed by atoms with E-state index in [2.05, 4.69) is 47.9 Å². The third kappa shape index (κ3) is 3.97. The van der Waals surface area contributed by atoms with E-state index in [-0.39, 0.29) is 12.0 Å². The Kier molecular flexibility index (Phi) is 5.62. The summed E-state index contributed by atoms with van der Waals surface area (Å²) < 4.78 is 5.18. The lowest BCUT2D eigenvalue weighted by atomic mass is 10.1. The molecule has 0 radical (unpaired) electrons. The lowest BCUT2D eigenvalue weighted by Crippen LogP contribution is -2.53. The zero-order chi connectivity index (χ0) is 15.2. The fourth-order valence-electron chi connectivity index (χ4n) is 2.93. The number of hydrogen-bond donors (Lipinski definition) is 0. The van der Waals surface area contributed by atoms with Crippen LogP contribution in [0.1, 0.15) is 25.8 Å². The number of esters is 1. The highest BCUT2D eigenvalue weighted by atomic mass is 16.5. The van der Waals surface area contributed by atoms with E-state index >= 15 is 0 Å². The van der Waals surface area contributed by atoms with E-state index < -0.39 is 0 Å². The van der Waals surface area contributed by atoms with Crippen LogP contribution >= 0.6 is 0 Å². The Morgan fingerprint density at radius 1 is 1.24 bits per heavy atom. The summed E-state index contributed by atoms with van der Waals surface area (Å²) in [6.07, 6.45) is 0.809. The van der Waals surface area contributed by atoms with Crippen molar-refractivity contribution < 1.29 is 9.53 Å². The molecule has 0 saturated carbocycles. The van der Waals surface area contributed by atoms with Gasteiger partial charge in [0.25, 0.3) is 0 Å². The Morgan fingerprint density at radius 2 is 1.95 bits per heavy atom. The van der Waals surface area contributed by atoms with Gasteiger partial charge in [-0.2, -0.15) is 0 Å². The summed E-state index contributed by atoms with van der Waals surface area (Å²) in [4.78, 5) is 16.6. The first kappa shape index (κ1) is 15.8. The van der Waals surface area contributed by atoms with Gasteiger partial charge < -0.3 is 9.64 Å². The number of ether oxygens (including phenoxy) is 1. The first-order valence-corrected chi connectivity index (χ1v) is 7.88. The van der Waals surface area contributed by atoms with Gasteiger partial charge in [-0.15, -0.1) is 0 Å². The van der Waals surface area contributed by atoms with E-state index in [9.17, 15) is 4.79 Å². The molecule has 1 saturated heterocycles. The SMILES string of the molecule is CCOC(=O)C(CC)N1CCN(c2cccc(C)c2)CC1. The second-order valence-corrected chi connectivity index (χ2v) is 5.54. The number of aryl methyl sites for hydroxylation is 1. The standard InChI is InChI=1S/C17H26N2O2/c1-4-16(17(20)21-5-2)19-11-9-18(10-12-19)15-8-6-7-14(3)13-15/h6-8,13,16H,4-5,9-12H2,1-3H3. The predicted octanol–water partition coefficient (Wildman–Crippen LogP) is 2.46. The van der Waals surface area contributed by atoms with Crippen molar-refractivity contribution in [2.24, 2.45) is 0 Å². The number of rotatable bonds is 5. The van der Waals surface area contributed by atoms with E-state index in [1.165, 1.54) is 11.3 Å². The van der Waals surface area contributed by atoms with Crippen molar-refractivity contribution in [2.75, 3.05) is 37.7 Å². The second-order valence-electron chi connectivity index (χ2n) is 5.54. The van der Waals surface area contributed by atoms with Crippen LogP contribution < -0.4 is 4.90 Å². The van der Waals surface area contributed by atoms with Crippen molar-refractivity contribution in [1.29, 1.82) is 0 Å². The molecule has 1 atom stereocenters. The van der Waals surface area contributed by atoms with Gasteiger partial charge in [-0.25, -0.2) is 0 Å². The number of benzene rings is 1. The summed E-state index contributed by atoms with van der Waals surface area (Å²) in [5, 5.41) is 0. The number of carbonyl (C=O) groups excluding carboxylic acids is 1. The van der Waals surface area contributed by atoms with Crippen molar-refractivity contribution in [3.63, 3.8) is 0 Å². The minimum Gasteiger partial charge on any atom is -0.465 e. The third-order valence-corrected chi connectivity index (χ3v) is 4.07. The van der Waals surface area contributed by atoms with Gasteiger partial charge in [0.1, 0.15) is 6.04 Å². The van der Waals surface area contributed by atoms with Gasteiger partial charge in [-0.3, -0.25) is 9.69 Å². The first-order valence-electron chi connectivity index (χ1n) is 7.88. The number of hydrogen-bond acceptors (Lipinski definition) is 4. The number of anilines is 1. The molecule has 0 aromatic heterocycles. The van der Waals surface area contributed by atoms with Gasteiger partial charge in [0.15, 0.2) is 0 Å². The molecule has 0 bridgehead atoms. The molecule has 21 heavy (non-hydrogen) atoms. The van der Waals surface area contributed by atoms with Crippen LogP contribution in [0.25, 0.3) is 0 Å². The Balaban J connectivity index is 1.94. The third-order valence-electron chi connectivity index (χ3n) is 4.07. The molecule has 0 amide bonds. The highest BCUT2D eigenvalue weighted by molar-refractivity contribution is 5.75. The van der Waals surface area contributed by atoms with Gasteiger partial charge in [-0.1, -0.05) is 19.1 Å². The smallest absolute Gasteiger partial charge is 0.323 e. The van der Waals surface area contributed by atoms with E-state index in [0.29, 0.717) is 6.61 Å². The number of nitrogens with zero attached hydrogens (tertiary/aromatic N) is 2. The lowest BCUT2D eigenvalue weighted by Gasteiger charge is -2.39. The molecular formula is C17H26N2O2. The second kappa shape index (κ2) is 7.46. The fraction of sp³-hybridized carbons (Fsp3) is 0.588. The lowest BCUT2D eigenvalue weighted by molar-refractivity contribution is -0.149. The maximum Gasteiger partial charge on any atom is 0.323 e. The molecule has 0 spiro atoms. The van der Waals surface area contributed by atoms with Gasteiger partial charge in [-0.05, 0) is 38.0 Å². The highest BCUT2D eigenvalue weighted by Crippen LogP contribution is 2.19. The zero-order valence-corrected chi connectivity index (χ0v) is 13.3. The average molecular weight is 290 g/mol. The minimum absolute atomic E-state index is 0.0796. The molecule has 1 aromatic carbocycles. The van der Waals surface area contributed by atoms with Crippen LogP contribution in [0.3, 0.4) is 0 Å². The highest BCUT2D eigenvalue weighted by Gasteiger charge is 2.28. The average Bonchev–Trinajstić information content (AvgIpc) is 2.49. The molecule has 116 valence electrons. The maximum atomic E-state index is 12.0. The van der Waals surface area contributed by atoms with E-state index in [4.69, 9.17) is 4.74 Å². The van der Waals surface area contributed by atoms with Crippen LogP contribution in [0.2, 0.25) is 0 Å². The number of carbonyl (C=O) groups is 1. The van der Waals surface area contributed by atoms with E-state index in [1.54, 1.807) is 0 Å². The molecule has 2 rings (SSSR count). The summed E-state index contributed by atoms with van der Waals surface area (Å²) in [7, 11) is 0. The molecule has 1 heterocycles. The van der Waals surface area contributed by atoms with Crippen LogP contribution in [0, 0.1) is 6.92 Å². The van der Waals surface area contributed by atoms with E-state index in [1.807, 2.05) is 6.92 Å². The molecule has 1 unspecified atom stereocenters. The molecular weight excluding hydrogens is 264 g/mol. The Labute approximate surface area is 127 Å². The van der Waals surface area contributed by atoms with Crippen LogP contribution in [0.5, 0.6) is 0 Å². The van der Waals surface area contributed by atoms with Crippen molar-refractivity contribution in [2.45, 2.75) is 33.2 Å². The van der Waals surface area contributed by atoms with Crippen LogP contribution in [-0.2, 0) is 9.53 Å². The molecule has 1 aliphatic rings. The summed E-state index contributed by atoms with van der Waals surface area (Å²) in [6, 6.07) is 8.51. The summed E-state index contributed by atoms with van der Waals surface area (Å²) in [6.45, 7) is 10.2. The fourth-order valence-corrected chi connectivity index (χ4v) is 2.93. The Morgan fingerprint density at radius 3 is 2.52 bits per heavy atom. The Hall–Kier alpha value is -1.55. The van der Waals surface area contributed by atoms with E-state index in [0.717, 1.165) is 32.6 Å². The van der Waals surface area contributed by atoms with Crippen LogP contribution in [0.15, 0.2) is 24.3 Å². The monoisotopic (exact) mass is 290 g/mol. The molecule has 4 heteroatoms. The zero-order valence-electron chi connectivity index (χ0n) is 13.3. The van der Waals surface area contributed by atoms with Gasteiger partial charge in [0, 0.05) is 31.9 Å². The minimum atomic E-state index is -0.0930. The van der Waals surface area contributed by atoms with Crippen molar-refractivity contribution >= 4 is 11.7 Å². The first-order chi connectivity index (χ1) is 10.2. The predicted molar refractivity (Wildman–Crippen MR) is 85.7 cm³/mol. The van der Waals surface area contributed by atoms with Gasteiger partial charge in [0.2, 0.25) is 0 Å². The van der Waals surface area contributed by atoms with Crippen molar-refractivity contribution in [3.8, 4) is 0 Å². The maximum absolute atomic E-state index is 12.0. The largest absolute Gasteiger partial charge is 0.465 e. The summed E-state index contributed by atoms with van der Waals surface area (Å²) in [5.41, 5.74) is 2.56. The molecule has 4 nitrogen and oxygen atoms in total. The molecule has 0 aliphatic carbocycles. The van der Waals surface area contributed by atoms with Crippen LogP contribution in [0.4, 0.5) is 5.69 Å². The quantitative estimate of drug-likeness (QED) is 0.780. The normalized spacial score (nSPS) is 17.6. The van der Waals surface area contributed by atoms with Crippen molar-refractivity contribution in [1.82, 2.24) is 4.90 Å². The summed E-state index contributed by atoms with van der Waals surface area (Å²) in [5.74, 6) is -0.0796. The topological polar surface area (TPSA) is 32.8 Å². The van der Waals surface area contributed by atoms with Crippen LogP contribution in [-0.4, -0.2) is 49.7 Å². The van der Waals surface area contributed by atoms with Crippen molar-refractivity contribution in [3.05, 3.63) is 29.8 Å².